The van der Waals surface area contributed by atoms with Crippen LogP contribution in [0.4, 0.5) is 14.9 Å². The van der Waals surface area contributed by atoms with E-state index in [2.05, 4.69) is 6.58 Å². The van der Waals surface area contributed by atoms with E-state index in [9.17, 15) is 18.8 Å². The second kappa shape index (κ2) is 7.42. The fraction of sp³-hybridized carbons (Fsp3) is 0.286. The van der Waals surface area contributed by atoms with Crippen LogP contribution < -0.4 is 4.90 Å². The Hall–Kier alpha value is -3.22. The molecule has 0 radical (unpaired) electrons. The molecule has 0 saturated carbocycles. The van der Waals surface area contributed by atoms with Gasteiger partial charge >= 0.3 is 6.03 Å². The first-order valence-electron chi connectivity index (χ1n) is 8.97. The minimum Gasteiger partial charge on any atom is -0.345 e. The number of carbonyl (C=O) groups excluding carboxylic acids is 3. The number of nitrogens with zero attached hydrogens (tertiary/aromatic N) is 3. The van der Waals surface area contributed by atoms with E-state index in [-0.39, 0.29) is 12.3 Å². The summed E-state index contributed by atoms with van der Waals surface area (Å²) in [4.78, 5) is 40.5. The number of Topliss-reactive ketones (excluding diaryl/α,β-unsaturated/α-hetero) is 1. The molecule has 28 heavy (non-hydrogen) atoms. The first-order valence-corrected chi connectivity index (χ1v) is 8.97. The van der Waals surface area contributed by atoms with E-state index < -0.39 is 23.8 Å². The second-order valence-electron chi connectivity index (χ2n) is 6.84. The van der Waals surface area contributed by atoms with Gasteiger partial charge in [-0.1, -0.05) is 6.08 Å². The van der Waals surface area contributed by atoms with Crippen molar-refractivity contribution in [3.05, 3.63) is 65.8 Å². The van der Waals surface area contributed by atoms with Crippen molar-refractivity contribution in [3.63, 3.8) is 0 Å². The molecule has 0 spiro atoms. The Morgan fingerprint density at radius 1 is 1.21 bits per heavy atom. The van der Waals surface area contributed by atoms with Gasteiger partial charge in [0.05, 0.1) is 6.54 Å². The summed E-state index contributed by atoms with van der Waals surface area (Å²) >= 11 is 0. The number of allylic oxidation sites excluding steroid dienone is 1. The molecule has 7 heteroatoms. The van der Waals surface area contributed by atoms with Crippen molar-refractivity contribution in [2.45, 2.75) is 33.4 Å². The molecule has 0 bridgehead atoms. The van der Waals surface area contributed by atoms with Gasteiger partial charge in [-0.3, -0.25) is 19.4 Å². The van der Waals surface area contributed by atoms with Crippen LogP contribution in [0.25, 0.3) is 0 Å². The lowest BCUT2D eigenvalue weighted by Crippen LogP contribution is -2.37. The third-order valence-corrected chi connectivity index (χ3v) is 5.04. The Bertz CT molecular complexity index is 962. The number of hydrogen-bond donors (Lipinski definition) is 0. The fourth-order valence-corrected chi connectivity index (χ4v) is 3.53. The van der Waals surface area contributed by atoms with E-state index in [1.165, 1.54) is 29.2 Å². The molecule has 1 saturated heterocycles. The number of carbonyl (C=O) groups is 3. The van der Waals surface area contributed by atoms with Crippen LogP contribution in [-0.4, -0.2) is 39.8 Å². The number of anilines is 1. The highest BCUT2D eigenvalue weighted by Crippen LogP contribution is 2.26. The van der Waals surface area contributed by atoms with Crippen LogP contribution in [0.3, 0.4) is 0 Å². The van der Waals surface area contributed by atoms with Crippen molar-refractivity contribution in [1.82, 2.24) is 9.47 Å². The Balaban J connectivity index is 1.84. The van der Waals surface area contributed by atoms with Gasteiger partial charge in [0, 0.05) is 29.2 Å². The molecule has 2 aromatic rings. The number of benzene rings is 1. The van der Waals surface area contributed by atoms with Gasteiger partial charge in [0.25, 0.3) is 5.91 Å². The number of halogens is 1. The van der Waals surface area contributed by atoms with Crippen molar-refractivity contribution in [2.24, 2.45) is 0 Å². The van der Waals surface area contributed by atoms with E-state index >= 15 is 0 Å². The monoisotopic (exact) mass is 383 g/mol. The lowest BCUT2D eigenvalue weighted by atomic mass is 10.1. The minimum absolute atomic E-state index is 0.307. The van der Waals surface area contributed by atoms with Gasteiger partial charge < -0.3 is 4.57 Å². The molecule has 1 aromatic carbocycles. The fourth-order valence-electron chi connectivity index (χ4n) is 3.53. The SMILES string of the molecule is C=CCn1c(C)cc(C(=O)CN2C(=O)C(C)N(c3ccc(F)cc3)C2=O)c1C. The first-order chi connectivity index (χ1) is 13.3. The van der Waals surface area contributed by atoms with E-state index in [0.29, 0.717) is 17.8 Å². The summed E-state index contributed by atoms with van der Waals surface area (Å²) in [6.45, 7) is 9.25. The number of aromatic nitrogens is 1. The molecule has 146 valence electrons. The zero-order chi connectivity index (χ0) is 20.6. The molecule has 6 nitrogen and oxygen atoms in total. The summed E-state index contributed by atoms with van der Waals surface area (Å²) in [6, 6.07) is 5.73. The number of amides is 3. The van der Waals surface area contributed by atoms with E-state index in [0.717, 1.165) is 16.3 Å². The van der Waals surface area contributed by atoms with Crippen molar-refractivity contribution in [2.75, 3.05) is 11.4 Å². The Morgan fingerprint density at radius 2 is 1.86 bits per heavy atom. The van der Waals surface area contributed by atoms with Crippen molar-refractivity contribution in [1.29, 1.82) is 0 Å². The normalized spacial score (nSPS) is 16.8. The molecule has 1 aliphatic heterocycles. The lowest BCUT2D eigenvalue weighted by Gasteiger charge is -2.19. The van der Waals surface area contributed by atoms with Crippen molar-refractivity contribution < 1.29 is 18.8 Å². The molecule has 3 rings (SSSR count). The number of aryl methyl sites for hydroxylation is 1. The third kappa shape index (κ3) is 3.24. The maximum Gasteiger partial charge on any atom is 0.332 e. The van der Waals surface area contributed by atoms with Gasteiger partial charge in [0.2, 0.25) is 0 Å². The maximum atomic E-state index is 13.2. The summed E-state index contributed by atoms with van der Waals surface area (Å²) in [7, 11) is 0. The van der Waals surface area contributed by atoms with Crippen LogP contribution >= 0.6 is 0 Å². The predicted molar refractivity (Wildman–Crippen MR) is 104 cm³/mol. The van der Waals surface area contributed by atoms with E-state index in [4.69, 9.17) is 0 Å². The smallest absolute Gasteiger partial charge is 0.332 e. The van der Waals surface area contributed by atoms with E-state index in [1.807, 2.05) is 18.4 Å². The predicted octanol–water partition coefficient (Wildman–Crippen LogP) is 3.47. The third-order valence-electron chi connectivity index (χ3n) is 5.04. The maximum absolute atomic E-state index is 13.2. The molecule has 1 fully saturated rings. The lowest BCUT2D eigenvalue weighted by molar-refractivity contribution is -0.126. The topological polar surface area (TPSA) is 62.6 Å². The Labute approximate surface area is 162 Å². The molecule has 1 atom stereocenters. The highest BCUT2D eigenvalue weighted by molar-refractivity contribution is 6.16. The van der Waals surface area contributed by atoms with Gasteiger partial charge in [-0.25, -0.2) is 9.18 Å². The van der Waals surface area contributed by atoms with Crippen LogP contribution in [0.15, 0.2) is 43.0 Å². The van der Waals surface area contributed by atoms with Crippen molar-refractivity contribution in [3.8, 4) is 0 Å². The number of rotatable bonds is 6. The molecule has 1 aromatic heterocycles. The molecular weight excluding hydrogens is 361 g/mol. The molecule has 0 aliphatic carbocycles. The summed E-state index contributed by atoms with van der Waals surface area (Å²) in [5.74, 6) is -1.20. The highest BCUT2D eigenvalue weighted by Gasteiger charge is 2.44. The second-order valence-corrected chi connectivity index (χ2v) is 6.84. The average molecular weight is 383 g/mol. The van der Waals surface area contributed by atoms with Gasteiger partial charge in [-0.05, 0) is 51.1 Å². The standard InChI is InChI=1S/C21H22FN3O3/c1-5-10-23-13(2)11-18(14(23)3)19(26)12-24-20(27)15(4)25(21(24)28)17-8-6-16(22)7-9-17/h5-9,11,15H,1,10,12H2,2-4H3. The minimum atomic E-state index is -0.765. The number of ketones is 1. The van der Waals surface area contributed by atoms with Gasteiger partial charge in [0.1, 0.15) is 11.9 Å². The molecule has 3 amide bonds. The summed E-state index contributed by atoms with van der Waals surface area (Å²) < 4.78 is 15.1. The molecular formula is C21H22FN3O3. The first kappa shape index (κ1) is 19.5. The largest absolute Gasteiger partial charge is 0.345 e. The highest BCUT2D eigenvalue weighted by atomic mass is 19.1. The van der Waals surface area contributed by atoms with Crippen LogP contribution in [0.2, 0.25) is 0 Å². The van der Waals surface area contributed by atoms with Crippen LogP contribution in [0.5, 0.6) is 0 Å². The summed E-state index contributed by atoms with van der Waals surface area (Å²) in [5.41, 5.74) is 2.56. The quantitative estimate of drug-likeness (QED) is 0.436. The number of urea groups is 1. The van der Waals surface area contributed by atoms with E-state index in [1.54, 1.807) is 19.1 Å². The van der Waals surface area contributed by atoms with Gasteiger partial charge in [0.15, 0.2) is 5.78 Å². The Kier molecular flexibility index (Phi) is 5.18. The van der Waals surface area contributed by atoms with Gasteiger partial charge in [-0.15, -0.1) is 6.58 Å². The van der Waals surface area contributed by atoms with Gasteiger partial charge in [-0.2, -0.15) is 0 Å². The summed E-state index contributed by atoms with van der Waals surface area (Å²) in [5, 5.41) is 0. The number of imide groups is 1. The zero-order valence-corrected chi connectivity index (χ0v) is 16.1. The molecule has 2 heterocycles. The van der Waals surface area contributed by atoms with Crippen molar-refractivity contribution >= 4 is 23.4 Å². The molecule has 1 unspecified atom stereocenters. The number of hydrogen-bond acceptors (Lipinski definition) is 3. The average Bonchev–Trinajstić information content (AvgIpc) is 3.05. The molecule has 0 N–H and O–H groups in total. The molecule has 1 aliphatic rings. The zero-order valence-electron chi connectivity index (χ0n) is 16.1. The van der Waals surface area contributed by atoms with Crippen LogP contribution in [-0.2, 0) is 11.3 Å². The van der Waals surface area contributed by atoms with Crippen LogP contribution in [0.1, 0.15) is 28.7 Å². The summed E-state index contributed by atoms with van der Waals surface area (Å²) in [6.07, 6.45) is 1.74. The van der Waals surface area contributed by atoms with Crippen LogP contribution in [0, 0.1) is 19.7 Å². The Morgan fingerprint density at radius 3 is 2.46 bits per heavy atom.